The van der Waals surface area contributed by atoms with E-state index >= 15 is 0 Å². The van der Waals surface area contributed by atoms with Gasteiger partial charge in [-0.05, 0) is 83.8 Å². The van der Waals surface area contributed by atoms with E-state index < -0.39 is 5.67 Å². The van der Waals surface area contributed by atoms with Gasteiger partial charge >= 0.3 is 0 Å². The highest BCUT2D eigenvalue weighted by molar-refractivity contribution is 9.10. The zero-order valence-corrected chi connectivity index (χ0v) is 19.0. The Hall–Kier alpha value is -1.83. The maximum Gasteiger partial charge on any atom is 0.150 e. The molecule has 7 heteroatoms. The van der Waals surface area contributed by atoms with Crippen LogP contribution in [0.25, 0.3) is 10.9 Å². The molecule has 2 aromatic heterocycles. The normalized spacial score (nSPS) is 25.5. The van der Waals surface area contributed by atoms with Gasteiger partial charge in [-0.25, -0.2) is 9.07 Å². The Kier molecular flexibility index (Phi) is 4.89. The number of halogens is 2. The highest BCUT2D eigenvalue weighted by atomic mass is 79.9. The second kappa shape index (κ2) is 7.64. The minimum absolute atomic E-state index is 0.0228. The molecule has 0 bridgehead atoms. The number of hydrogen-bond acceptors (Lipinski definition) is 4. The van der Waals surface area contributed by atoms with E-state index in [-0.39, 0.29) is 12.3 Å². The van der Waals surface area contributed by atoms with Crippen molar-refractivity contribution in [3.05, 3.63) is 58.0 Å². The van der Waals surface area contributed by atoms with Gasteiger partial charge in [0.25, 0.3) is 0 Å². The molecule has 3 aliphatic rings. The summed E-state index contributed by atoms with van der Waals surface area (Å²) in [5, 5.41) is 5.91. The average Bonchev–Trinajstić information content (AvgIpc) is 3.35. The SMILES string of the molecule is FC1(CN2CCc3c(ccc4c3cnn4C3CCCCO3)C2c2ccc(Br)cn2)CC1. The molecule has 2 fully saturated rings. The highest BCUT2D eigenvalue weighted by Crippen LogP contribution is 2.45. The molecule has 0 spiro atoms. The number of fused-ring (bicyclic) bond motifs is 3. The number of aromatic nitrogens is 3. The molecule has 2 aliphatic heterocycles. The molecule has 0 amide bonds. The second-order valence-corrected chi connectivity index (χ2v) is 10.1. The van der Waals surface area contributed by atoms with Gasteiger partial charge in [0, 0.05) is 35.8 Å². The number of alkyl halides is 1. The summed E-state index contributed by atoms with van der Waals surface area (Å²) in [6.07, 6.45) is 9.39. The number of pyridine rings is 1. The Morgan fingerprint density at radius 1 is 1.16 bits per heavy atom. The van der Waals surface area contributed by atoms with E-state index in [9.17, 15) is 4.39 Å². The first-order chi connectivity index (χ1) is 15.1. The molecule has 162 valence electrons. The zero-order chi connectivity index (χ0) is 21.0. The van der Waals surface area contributed by atoms with Crippen molar-refractivity contribution in [2.45, 2.75) is 56.5 Å². The molecule has 1 aromatic carbocycles. The topological polar surface area (TPSA) is 43.2 Å². The fraction of sp³-hybridized carbons (Fsp3) is 0.500. The van der Waals surface area contributed by atoms with Gasteiger partial charge in [0.05, 0.1) is 23.4 Å². The summed E-state index contributed by atoms with van der Waals surface area (Å²) in [7, 11) is 0. The lowest BCUT2D eigenvalue weighted by molar-refractivity contribution is -0.0366. The Balaban J connectivity index is 1.43. The van der Waals surface area contributed by atoms with Crippen molar-refractivity contribution < 1.29 is 9.13 Å². The molecule has 0 radical (unpaired) electrons. The highest BCUT2D eigenvalue weighted by Gasteiger charge is 2.46. The fourth-order valence-corrected chi connectivity index (χ4v) is 5.42. The summed E-state index contributed by atoms with van der Waals surface area (Å²) in [4.78, 5) is 6.99. The molecule has 4 heterocycles. The van der Waals surface area contributed by atoms with Crippen molar-refractivity contribution in [1.82, 2.24) is 19.7 Å². The van der Waals surface area contributed by atoms with Crippen molar-refractivity contribution >= 4 is 26.8 Å². The predicted octanol–water partition coefficient (Wildman–Crippen LogP) is 5.34. The third-order valence-corrected chi connectivity index (χ3v) is 7.44. The lowest BCUT2D eigenvalue weighted by Crippen LogP contribution is -2.41. The Bertz CT molecular complexity index is 1100. The summed E-state index contributed by atoms with van der Waals surface area (Å²) in [5.41, 5.74) is 3.61. The molecular formula is C24H26BrFN4O. The van der Waals surface area contributed by atoms with Gasteiger partial charge in [-0.2, -0.15) is 5.10 Å². The molecule has 3 aromatic rings. The van der Waals surface area contributed by atoms with Crippen molar-refractivity contribution in [2.24, 2.45) is 0 Å². The molecule has 2 atom stereocenters. The number of benzene rings is 1. The first-order valence-corrected chi connectivity index (χ1v) is 12.1. The van der Waals surface area contributed by atoms with Crippen LogP contribution in [0.4, 0.5) is 4.39 Å². The summed E-state index contributed by atoms with van der Waals surface area (Å²) in [5.74, 6) is 0. The minimum Gasteiger partial charge on any atom is -0.356 e. The van der Waals surface area contributed by atoms with E-state index in [4.69, 9.17) is 14.8 Å². The molecule has 1 saturated heterocycles. The van der Waals surface area contributed by atoms with Crippen molar-refractivity contribution in [3.8, 4) is 0 Å². The first kappa shape index (κ1) is 19.8. The monoisotopic (exact) mass is 484 g/mol. The van der Waals surface area contributed by atoms with Gasteiger partial charge in [0.15, 0.2) is 6.23 Å². The standard InChI is InChI=1S/C24H26BrFN4O/c25-16-4-6-20(27-13-16)23-18-5-7-21-19(14-28-30(21)22-3-1-2-12-31-22)17(18)8-11-29(23)15-24(26)9-10-24/h4-7,13-14,22-23H,1-3,8-12,15H2. The van der Waals surface area contributed by atoms with E-state index in [2.05, 4.69) is 43.7 Å². The molecule has 1 aliphatic carbocycles. The zero-order valence-electron chi connectivity index (χ0n) is 17.4. The van der Waals surface area contributed by atoms with Crippen LogP contribution >= 0.6 is 15.9 Å². The first-order valence-electron chi connectivity index (χ1n) is 11.3. The van der Waals surface area contributed by atoms with Gasteiger partial charge in [-0.1, -0.05) is 6.07 Å². The lowest BCUT2D eigenvalue weighted by atomic mass is 9.88. The maximum absolute atomic E-state index is 14.8. The predicted molar refractivity (Wildman–Crippen MR) is 121 cm³/mol. The Morgan fingerprint density at radius 3 is 2.81 bits per heavy atom. The van der Waals surface area contributed by atoms with Crippen LogP contribution in [0.5, 0.6) is 0 Å². The molecule has 0 N–H and O–H groups in total. The van der Waals surface area contributed by atoms with Crippen LogP contribution in [0.15, 0.2) is 41.1 Å². The Morgan fingerprint density at radius 2 is 2.06 bits per heavy atom. The number of ether oxygens (including phenoxy) is 1. The van der Waals surface area contributed by atoms with Crippen molar-refractivity contribution in [3.63, 3.8) is 0 Å². The number of hydrogen-bond donors (Lipinski definition) is 0. The van der Waals surface area contributed by atoms with E-state index in [1.54, 1.807) is 0 Å². The summed E-state index contributed by atoms with van der Waals surface area (Å²) >= 11 is 3.49. The average molecular weight is 485 g/mol. The van der Waals surface area contributed by atoms with Crippen LogP contribution in [0, 0.1) is 0 Å². The van der Waals surface area contributed by atoms with Gasteiger partial charge in [-0.3, -0.25) is 9.88 Å². The smallest absolute Gasteiger partial charge is 0.150 e. The summed E-state index contributed by atoms with van der Waals surface area (Å²) in [6, 6.07) is 8.41. The number of rotatable bonds is 4. The fourth-order valence-electron chi connectivity index (χ4n) is 5.18. The summed E-state index contributed by atoms with van der Waals surface area (Å²) in [6.45, 7) is 2.10. The van der Waals surface area contributed by atoms with Crippen LogP contribution in [-0.2, 0) is 11.2 Å². The van der Waals surface area contributed by atoms with Crippen LogP contribution in [0.3, 0.4) is 0 Å². The third kappa shape index (κ3) is 3.60. The van der Waals surface area contributed by atoms with Crippen LogP contribution in [-0.4, -0.2) is 45.0 Å². The van der Waals surface area contributed by atoms with E-state index in [1.165, 1.54) is 22.9 Å². The molecular weight excluding hydrogens is 459 g/mol. The van der Waals surface area contributed by atoms with Crippen molar-refractivity contribution in [2.75, 3.05) is 19.7 Å². The van der Waals surface area contributed by atoms with Crippen molar-refractivity contribution in [1.29, 1.82) is 0 Å². The van der Waals surface area contributed by atoms with Gasteiger partial charge < -0.3 is 4.74 Å². The maximum atomic E-state index is 14.8. The van der Waals surface area contributed by atoms with Crippen LogP contribution in [0.1, 0.15) is 61.2 Å². The van der Waals surface area contributed by atoms with Gasteiger partial charge in [-0.15, -0.1) is 0 Å². The van der Waals surface area contributed by atoms with Crippen LogP contribution < -0.4 is 0 Å². The molecule has 5 nitrogen and oxygen atoms in total. The quantitative estimate of drug-likeness (QED) is 0.500. The summed E-state index contributed by atoms with van der Waals surface area (Å²) < 4.78 is 23.8. The minimum atomic E-state index is -1.03. The molecule has 1 saturated carbocycles. The van der Waals surface area contributed by atoms with E-state index in [0.717, 1.165) is 48.1 Å². The molecule has 6 rings (SSSR count). The van der Waals surface area contributed by atoms with E-state index in [0.29, 0.717) is 19.4 Å². The Labute approximate surface area is 189 Å². The second-order valence-electron chi connectivity index (χ2n) is 9.15. The largest absolute Gasteiger partial charge is 0.356 e. The third-order valence-electron chi connectivity index (χ3n) is 6.97. The number of nitrogens with zero attached hydrogens (tertiary/aromatic N) is 4. The van der Waals surface area contributed by atoms with Gasteiger partial charge in [0.1, 0.15) is 5.67 Å². The van der Waals surface area contributed by atoms with Crippen LogP contribution in [0.2, 0.25) is 0 Å². The van der Waals surface area contributed by atoms with E-state index in [1.807, 2.05) is 18.5 Å². The lowest BCUT2D eigenvalue weighted by Gasteiger charge is -2.38. The molecule has 2 unspecified atom stereocenters. The molecule has 31 heavy (non-hydrogen) atoms. The van der Waals surface area contributed by atoms with Gasteiger partial charge in [0.2, 0.25) is 0 Å².